The number of rotatable bonds is 11. The fraction of sp³-hybridized carbons (Fsp3) is 0.333. The molecule has 0 unspecified atom stereocenters. The van der Waals surface area contributed by atoms with Gasteiger partial charge in [-0.15, -0.1) is 5.75 Å². The van der Waals surface area contributed by atoms with Gasteiger partial charge in [-0.1, -0.05) is 42.5 Å². The summed E-state index contributed by atoms with van der Waals surface area (Å²) in [5.41, 5.74) is 1.15. The molecular weight excluding hydrogens is 399 g/mol. The van der Waals surface area contributed by atoms with E-state index in [0.29, 0.717) is 30.8 Å². The summed E-state index contributed by atoms with van der Waals surface area (Å²) in [4.78, 5) is 26.4. The maximum Gasteiger partial charge on any atom is 1.00 e. The number of phenolic OH excluding ortho intramolecular Hbond substituents is 1. The van der Waals surface area contributed by atoms with E-state index in [2.05, 4.69) is 0 Å². The minimum Gasteiger partial charge on any atom is -0.872 e. The summed E-state index contributed by atoms with van der Waals surface area (Å²) in [6.45, 7) is 0.888. The van der Waals surface area contributed by atoms with Gasteiger partial charge < -0.3 is 20.1 Å². The third kappa shape index (κ3) is 8.73. The van der Waals surface area contributed by atoms with E-state index in [1.165, 1.54) is 13.2 Å². The van der Waals surface area contributed by atoms with Crippen molar-refractivity contribution < 1.29 is 59.2 Å². The van der Waals surface area contributed by atoms with Gasteiger partial charge in [0, 0.05) is 31.7 Å². The van der Waals surface area contributed by atoms with Gasteiger partial charge in [0.25, 0.3) is 0 Å². The Morgan fingerprint density at radius 3 is 2.03 bits per heavy atom. The van der Waals surface area contributed by atoms with Gasteiger partial charge in [0.15, 0.2) is 0 Å². The van der Waals surface area contributed by atoms with E-state index in [4.69, 9.17) is 4.74 Å². The number of hydrogen-bond donors (Lipinski definition) is 2. The van der Waals surface area contributed by atoms with Crippen molar-refractivity contribution in [2.75, 3.05) is 33.3 Å². The number of ether oxygens (including phenoxy) is 1. The fourth-order valence-corrected chi connectivity index (χ4v) is 2.91. The van der Waals surface area contributed by atoms with Crippen LogP contribution in [0.15, 0.2) is 48.5 Å². The van der Waals surface area contributed by atoms with Crippen molar-refractivity contribution in [3.05, 3.63) is 59.7 Å². The van der Waals surface area contributed by atoms with Crippen LogP contribution in [0, 0.1) is 0 Å². The summed E-state index contributed by atoms with van der Waals surface area (Å²) >= 11 is 0. The summed E-state index contributed by atoms with van der Waals surface area (Å²) in [5.74, 6) is -1.47. The first kappa shape index (κ1) is 25.9. The summed E-state index contributed by atoms with van der Waals surface area (Å²) in [5, 5.41) is 31.2. The van der Waals surface area contributed by atoms with E-state index >= 15 is 0 Å². The number of esters is 1. The molecule has 30 heavy (non-hydrogen) atoms. The SMILES string of the molecule is COC(=O)CN(CCN(CC(=O)O)Cc1ccccc1[O-])Cc1ccccc1O.[Na+]. The minimum absolute atomic E-state index is 0. The molecule has 2 aromatic carbocycles. The number of carboxylic acids is 1. The molecule has 0 bridgehead atoms. The number of carboxylic acid groups (broad SMARTS) is 1. The van der Waals surface area contributed by atoms with Gasteiger partial charge in [-0.2, -0.15) is 0 Å². The van der Waals surface area contributed by atoms with Crippen LogP contribution in [-0.4, -0.2) is 65.2 Å². The van der Waals surface area contributed by atoms with Crippen LogP contribution < -0.4 is 34.7 Å². The van der Waals surface area contributed by atoms with Crippen LogP contribution in [0.4, 0.5) is 0 Å². The van der Waals surface area contributed by atoms with E-state index in [0.717, 1.165) is 0 Å². The van der Waals surface area contributed by atoms with Crippen molar-refractivity contribution in [3.63, 3.8) is 0 Å². The Morgan fingerprint density at radius 2 is 1.47 bits per heavy atom. The third-order valence-corrected chi connectivity index (χ3v) is 4.42. The molecule has 0 atom stereocenters. The number of aromatic hydroxyl groups is 1. The molecular formula is C21H25N2NaO6. The number of para-hydroxylation sites is 2. The molecule has 2 N–H and O–H groups in total. The van der Waals surface area contributed by atoms with Gasteiger partial charge in [0.1, 0.15) is 5.75 Å². The van der Waals surface area contributed by atoms with Crippen molar-refractivity contribution >= 4 is 11.9 Å². The van der Waals surface area contributed by atoms with Crippen molar-refractivity contribution in [2.45, 2.75) is 13.1 Å². The Morgan fingerprint density at radius 1 is 0.933 bits per heavy atom. The average molecular weight is 424 g/mol. The van der Waals surface area contributed by atoms with Gasteiger partial charge in [-0.25, -0.2) is 0 Å². The number of phenols is 1. The van der Waals surface area contributed by atoms with Crippen LogP contribution in [0.2, 0.25) is 0 Å². The molecule has 0 aromatic heterocycles. The van der Waals surface area contributed by atoms with Crippen molar-refractivity contribution in [1.82, 2.24) is 9.80 Å². The minimum atomic E-state index is -1.01. The van der Waals surface area contributed by atoms with Crippen LogP contribution >= 0.6 is 0 Å². The molecule has 9 heteroatoms. The van der Waals surface area contributed by atoms with Crippen LogP contribution in [0.3, 0.4) is 0 Å². The van der Waals surface area contributed by atoms with Crippen LogP contribution in [0.5, 0.6) is 11.5 Å². The second-order valence-electron chi connectivity index (χ2n) is 6.63. The van der Waals surface area contributed by atoms with Crippen LogP contribution in [-0.2, 0) is 27.4 Å². The second kappa shape index (κ2) is 13.3. The molecule has 0 aliphatic carbocycles. The van der Waals surface area contributed by atoms with Crippen molar-refractivity contribution in [3.8, 4) is 11.5 Å². The monoisotopic (exact) mass is 424 g/mol. The molecule has 0 fully saturated rings. The Balaban J connectivity index is 0.00000450. The first-order chi connectivity index (χ1) is 13.9. The number of benzene rings is 2. The van der Waals surface area contributed by atoms with Crippen LogP contribution in [0.1, 0.15) is 11.1 Å². The zero-order valence-corrected chi connectivity index (χ0v) is 19.3. The largest absolute Gasteiger partial charge is 1.00 e. The number of carbonyl (C=O) groups is 2. The van der Waals surface area contributed by atoms with Crippen molar-refractivity contribution in [2.24, 2.45) is 0 Å². The Bertz CT molecular complexity index is 833. The fourth-order valence-electron chi connectivity index (χ4n) is 2.91. The molecule has 2 rings (SSSR count). The standard InChI is InChI=1S/C21H26N2O6.Na/c1-29-21(28)15-23(13-17-7-3-5-9-19(17)25)11-10-22(14-20(26)27)12-16-6-2-4-8-18(16)24;/h2-9,24-25H,10-15H2,1H3,(H,26,27);/q;+1/p-1. The molecule has 0 spiro atoms. The van der Waals surface area contributed by atoms with Crippen molar-refractivity contribution in [1.29, 1.82) is 0 Å². The maximum atomic E-state index is 12.0. The quantitative estimate of drug-likeness (QED) is 0.316. The molecule has 0 aliphatic rings. The Hall–Kier alpha value is -2.10. The molecule has 0 saturated carbocycles. The molecule has 0 radical (unpaired) electrons. The molecule has 8 nitrogen and oxygen atoms in total. The summed E-state index contributed by atoms with van der Waals surface area (Å²) < 4.78 is 4.74. The zero-order valence-electron chi connectivity index (χ0n) is 17.3. The predicted octanol–water partition coefficient (Wildman–Crippen LogP) is -1.97. The normalized spacial score (nSPS) is 10.6. The number of carbonyl (C=O) groups excluding carboxylic acids is 1. The maximum absolute atomic E-state index is 12.0. The molecule has 156 valence electrons. The first-order valence-electron chi connectivity index (χ1n) is 9.14. The number of nitrogens with zero attached hydrogens (tertiary/aromatic N) is 2. The molecule has 0 heterocycles. The van der Waals surface area contributed by atoms with Crippen LogP contribution in [0.25, 0.3) is 0 Å². The number of methoxy groups -OCH3 is 1. The Kier molecular flexibility index (Phi) is 11.5. The summed E-state index contributed by atoms with van der Waals surface area (Å²) in [6, 6.07) is 13.3. The van der Waals surface area contributed by atoms with Gasteiger partial charge in [-0.05, 0) is 11.6 Å². The summed E-state index contributed by atoms with van der Waals surface area (Å²) in [6.07, 6.45) is 0. The zero-order chi connectivity index (χ0) is 21.2. The number of aliphatic carboxylic acids is 1. The average Bonchev–Trinajstić information content (AvgIpc) is 2.68. The smallest absolute Gasteiger partial charge is 0.872 e. The van der Waals surface area contributed by atoms with Gasteiger partial charge in [0.2, 0.25) is 0 Å². The summed E-state index contributed by atoms with van der Waals surface area (Å²) in [7, 11) is 1.29. The van der Waals surface area contributed by atoms with E-state index in [1.54, 1.807) is 52.3 Å². The Labute approximate surface area is 198 Å². The molecule has 2 aromatic rings. The van der Waals surface area contributed by atoms with Gasteiger partial charge >= 0.3 is 41.5 Å². The van der Waals surface area contributed by atoms with Gasteiger partial charge in [-0.3, -0.25) is 19.4 Å². The second-order valence-corrected chi connectivity index (χ2v) is 6.63. The molecule has 0 aliphatic heterocycles. The van der Waals surface area contributed by atoms with E-state index in [1.807, 2.05) is 0 Å². The van der Waals surface area contributed by atoms with E-state index in [-0.39, 0.29) is 60.7 Å². The number of hydrogen-bond acceptors (Lipinski definition) is 7. The molecule has 0 saturated heterocycles. The first-order valence-corrected chi connectivity index (χ1v) is 9.14. The molecule has 0 amide bonds. The predicted molar refractivity (Wildman–Crippen MR) is 104 cm³/mol. The third-order valence-electron chi connectivity index (χ3n) is 4.42. The van der Waals surface area contributed by atoms with E-state index < -0.39 is 11.9 Å². The van der Waals surface area contributed by atoms with Gasteiger partial charge in [0.05, 0.1) is 20.2 Å². The van der Waals surface area contributed by atoms with E-state index in [9.17, 15) is 24.9 Å². The topological polar surface area (TPSA) is 113 Å².